The molecule has 2 N–H and O–H groups in total. The Kier molecular flexibility index (Phi) is 6.58. The minimum atomic E-state index is -0.551. The lowest BCUT2D eigenvalue weighted by Gasteiger charge is -2.22. The molecule has 2 aliphatic heterocycles. The van der Waals surface area contributed by atoms with Gasteiger partial charge >= 0.3 is 0 Å². The van der Waals surface area contributed by atoms with Crippen LogP contribution in [0.25, 0.3) is 0 Å². The molecule has 0 bridgehead atoms. The third kappa shape index (κ3) is 4.88. The zero-order chi connectivity index (χ0) is 25.1. The molecule has 1 fully saturated rings. The normalized spacial score (nSPS) is 17.4. The molecule has 5 rings (SSSR count). The van der Waals surface area contributed by atoms with Crippen molar-refractivity contribution in [3.8, 4) is 11.5 Å². The average molecular weight is 486 g/mol. The summed E-state index contributed by atoms with van der Waals surface area (Å²) in [4.78, 5) is 40.5. The molecule has 2 heterocycles. The van der Waals surface area contributed by atoms with Gasteiger partial charge in [-0.3, -0.25) is 14.4 Å². The highest BCUT2D eigenvalue weighted by Gasteiger charge is 2.36. The fraction of sp³-hybridized carbons (Fsp3) is 0.250. The zero-order valence-electron chi connectivity index (χ0n) is 19.9. The number of rotatable bonds is 6. The van der Waals surface area contributed by atoms with Crippen LogP contribution < -0.4 is 25.0 Å². The first kappa shape index (κ1) is 23.4. The molecule has 0 spiro atoms. The van der Waals surface area contributed by atoms with Crippen molar-refractivity contribution < 1.29 is 23.9 Å². The molecule has 0 aliphatic carbocycles. The van der Waals surface area contributed by atoms with Crippen molar-refractivity contribution in [3.63, 3.8) is 0 Å². The maximum Gasteiger partial charge on any atom is 0.253 e. The number of benzene rings is 3. The van der Waals surface area contributed by atoms with Crippen LogP contribution in [0.15, 0.2) is 72.8 Å². The third-order valence-corrected chi connectivity index (χ3v) is 6.41. The summed E-state index contributed by atoms with van der Waals surface area (Å²) in [6, 6.07) is 21.7. The minimum absolute atomic E-state index is 0.0830. The van der Waals surface area contributed by atoms with Gasteiger partial charge in [0.25, 0.3) is 5.91 Å². The van der Waals surface area contributed by atoms with Crippen LogP contribution >= 0.6 is 0 Å². The molecular weight excluding hydrogens is 458 g/mol. The number of hydrogen-bond donors (Lipinski definition) is 2. The van der Waals surface area contributed by atoms with Gasteiger partial charge in [0, 0.05) is 24.7 Å². The number of carbonyl (C=O) groups is 3. The average Bonchev–Trinajstić information content (AvgIpc) is 3.31. The van der Waals surface area contributed by atoms with E-state index in [9.17, 15) is 14.4 Å². The molecule has 3 aromatic rings. The highest BCUT2D eigenvalue weighted by molar-refractivity contribution is 6.07. The summed E-state index contributed by atoms with van der Waals surface area (Å²) < 4.78 is 11.2. The zero-order valence-corrected chi connectivity index (χ0v) is 19.9. The van der Waals surface area contributed by atoms with E-state index in [1.54, 1.807) is 47.4 Å². The SMILES string of the molecule is C[C@@H](NC(=O)c1ccccc1NC(=O)[C@H]1CC(=O)N(c2ccc3c(c2)OCCO3)C1)c1ccccc1. The Balaban J connectivity index is 1.26. The van der Waals surface area contributed by atoms with E-state index in [1.165, 1.54) is 0 Å². The Morgan fingerprint density at radius 2 is 1.67 bits per heavy atom. The lowest BCUT2D eigenvalue weighted by molar-refractivity contribution is -0.122. The number of ether oxygens (including phenoxy) is 2. The molecular formula is C28H27N3O5. The summed E-state index contributed by atoms with van der Waals surface area (Å²) in [5, 5.41) is 5.85. The Morgan fingerprint density at radius 1 is 0.944 bits per heavy atom. The molecule has 3 amide bonds. The van der Waals surface area contributed by atoms with Crippen molar-refractivity contribution >= 4 is 29.1 Å². The van der Waals surface area contributed by atoms with E-state index in [2.05, 4.69) is 10.6 Å². The Hall–Kier alpha value is -4.33. The van der Waals surface area contributed by atoms with Crippen LogP contribution in [-0.2, 0) is 9.59 Å². The first-order valence-electron chi connectivity index (χ1n) is 12.0. The maximum atomic E-state index is 13.1. The summed E-state index contributed by atoms with van der Waals surface area (Å²) in [6.07, 6.45) is 0.0830. The summed E-state index contributed by atoms with van der Waals surface area (Å²) >= 11 is 0. The van der Waals surface area contributed by atoms with Crippen LogP contribution in [0.1, 0.15) is 35.3 Å². The molecule has 0 saturated carbocycles. The largest absolute Gasteiger partial charge is 0.486 e. The lowest BCUT2D eigenvalue weighted by Crippen LogP contribution is -2.30. The van der Waals surface area contributed by atoms with Gasteiger partial charge in [-0.05, 0) is 36.8 Å². The fourth-order valence-electron chi connectivity index (χ4n) is 4.46. The molecule has 0 unspecified atom stereocenters. The van der Waals surface area contributed by atoms with Gasteiger partial charge in [0.15, 0.2) is 11.5 Å². The number of nitrogens with one attached hydrogen (secondary N) is 2. The van der Waals surface area contributed by atoms with Gasteiger partial charge in [-0.2, -0.15) is 0 Å². The van der Waals surface area contributed by atoms with Crippen molar-refractivity contribution in [1.82, 2.24) is 5.32 Å². The molecule has 0 radical (unpaired) electrons. The van der Waals surface area contributed by atoms with Gasteiger partial charge in [0.1, 0.15) is 13.2 Å². The van der Waals surface area contributed by atoms with Gasteiger partial charge in [-0.25, -0.2) is 0 Å². The molecule has 0 aromatic heterocycles. The molecule has 8 nitrogen and oxygen atoms in total. The molecule has 184 valence electrons. The molecule has 3 aromatic carbocycles. The van der Waals surface area contributed by atoms with E-state index < -0.39 is 5.92 Å². The van der Waals surface area contributed by atoms with E-state index in [0.29, 0.717) is 41.7 Å². The van der Waals surface area contributed by atoms with Gasteiger partial charge in [-0.15, -0.1) is 0 Å². The molecule has 36 heavy (non-hydrogen) atoms. The molecule has 1 saturated heterocycles. The van der Waals surface area contributed by atoms with Crippen molar-refractivity contribution in [1.29, 1.82) is 0 Å². The Labute approximate surface area is 209 Å². The van der Waals surface area contributed by atoms with Gasteiger partial charge < -0.3 is 25.0 Å². The van der Waals surface area contributed by atoms with E-state index in [-0.39, 0.29) is 36.7 Å². The minimum Gasteiger partial charge on any atom is -0.486 e. The molecule has 2 aliphatic rings. The number of nitrogens with zero attached hydrogens (tertiary/aromatic N) is 1. The van der Waals surface area contributed by atoms with E-state index in [1.807, 2.05) is 37.3 Å². The number of amides is 3. The van der Waals surface area contributed by atoms with Crippen LogP contribution in [0.5, 0.6) is 11.5 Å². The standard InChI is InChI=1S/C28H27N3O5/c1-18(19-7-3-2-4-8-19)29-28(34)22-9-5-6-10-23(22)30-27(33)20-15-26(32)31(17-20)21-11-12-24-25(16-21)36-14-13-35-24/h2-12,16,18,20H,13-15,17H2,1H3,(H,29,34)(H,30,33)/t18-,20+/m1/s1. The Bertz CT molecular complexity index is 1290. The second-order valence-corrected chi connectivity index (χ2v) is 8.87. The second-order valence-electron chi connectivity index (χ2n) is 8.87. The van der Waals surface area contributed by atoms with E-state index >= 15 is 0 Å². The van der Waals surface area contributed by atoms with Crippen LogP contribution in [0.2, 0.25) is 0 Å². The number of carbonyl (C=O) groups excluding carboxylic acids is 3. The highest BCUT2D eigenvalue weighted by atomic mass is 16.6. The summed E-state index contributed by atoms with van der Waals surface area (Å²) in [7, 11) is 0. The van der Waals surface area contributed by atoms with E-state index in [0.717, 1.165) is 5.56 Å². The molecule has 2 atom stereocenters. The summed E-state index contributed by atoms with van der Waals surface area (Å²) in [5.74, 6) is -0.0615. The van der Waals surface area contributed by atoms with Crippen LogP contribution in [-0.4, -0.2) is 37.5 Å². The number of para-hydroxylation sites is 1. The second kappa shape index (κ2) is 10.1. The fourth-order valence-corrected chi connectivity index (χ4v) is 4.46. The predicted molar refractivity (Wildman–Crippen MR) is 135 cm³/mol. The lowest BCUT2D eigenvalue weighted by atomic mass is 10.1. The van der Waals surface area contributed by atoms with Crippen LogP contribution in [0.4, 0.5) is 11.4 Å². The summed E-state index contributed by atoms with van der Waals surface area (Å²) in [6.45, 7) is 3.09. The van der Waals surface area contributed by atoms with E-state index in [4.69, 9.17) is 9.47 Å². The maximum absolute atomic E-state index is 13.1. The van der Waals surface area contributed by atoms with Crippen molar-refractivity contribution in [2.24, 2.45) is 5.92 Å². The molecule has 8 heteroatoms. The Morgan fingerprint density at radius 3 is 2.47 bits per heavy atom. The topological polar surface area (TPSA) is 97.0 Å². The van der Waals surface area contributed by atoms with Gasteiger partial charge in [-0.1, -0.05) is 42.5 Å². The first-order chi connectivity index (χ1) is 17.5. The first-order valence-corrected chi connectivity index (χ1v) is 12.0. The van der Waals surface area contributed by atoms with Crippen molar-refractivity contribution in [3.05, 3.63) is 83.9 Å². The highest BCUT2D eigenvalue weighted by Crippen LogP contribution is 2.36. The van der Waals surface area contributed by atoms with Crippen LogP contribution in [0.3, 0.4) is 0 Å². The van der Waals surface area contributed by atoms with Crippen LogP contribution in [0, 0.1) is 5.92 Å². The third-order valence-electron chi connectivity index (χ3n) is 6.41. The summed E-state index contributed by atoms with van der Waals surface area (Å²) in [5.41, 5.74) is 2.41. The van der Waals surface area contributed by atoms with Gasteiger partial charge in [0.2, 0.25) is 11.8 Å². The number of anilines is 2. The smallest absolute Gasteiger partial charge is 0.253 e. The predicted octanol–water partition coefficient (Wildman–Crippen LogP) is 3.94. The number of fused-ring (bicyclic) bond motifs is 1. The monoisotopic (exact) mass is 485 g/mol. The van der Waals surface area contributed by atoms with Gasteiger partial charge in [0.05, 0.1) is 23.2 Å². The quantitative estimate of drug-likeness (QED) is 0.551. The van der Waals surface area contributed by atoms with Crippen molar-refractivity contribution in [2.75, 3.05) is 30.0 Å². The van der Waals surface area contributed by atoms with Crippen molar-refractivity contribution in [2.45, 2.75) is 19.4 Å². The number of hydrogen-bond acceptors (Lipinski definition) is 5.